The van der Waals surface area contributed by atoms with Gasteiger partial charge in [-0.1, -0.05) is 32.0 Å². The third-order valence-corrected chi connectivity index (χ3v) is 8.18. The summed E-state index contributed by atoms with van der Waals surface area (Å²) < 4.78 is 26.7. The van der Waals surface area contributed by atoms with E-state index in [9.17, 15) is 18.0 Å². The highest BCUT2D eigenvalue weighted by molar-refractivity contribution is 7.89. The van der Waals surface area contributed by atoms with Gasteiger partial charge in [-0.3, -0.25) is 9.59 Å². The summed E-state index contributed by atoms with van der Waals surface area (Å²) in [6.45, 7) is 5.34. The molecule has 0 aliphatic carbocycles. The van der Waals surface area contributed by atoms with Crippen molar-refractivity contribution in [2.45, 2.75) is 31.6 Å². The van der Waals surface area contributed by atoms with Crippen LogP contribution in [0, 0.1) is 5.92 Å². The molecule has 31 heavy (non-hydrogen) atoms. The van der Waals surface area contributed by atoms with Crippen LogP contribution in [0.1, 0.15) is 25.8 Å². The molecule has 1 saturated heterocycles. The van der Waals surface area contributed by atoms with Gasteiger partial charge in [0.1, 0.15) is 0 Å². The fourth-order valence-corrected chi connectivity index (χ4v) is 5.88. The van der Waals surface area contributed by atoms with Crippen LogP contribution in [0.2, 0.25) is 0 Å². The van der Waals surface area contributed by atoms with Gasteiger partial charge in [0.15, 0.2) is 0 Å². The van der Waals surface area contributed by atoms with E-state index < -0.39 is 15.9 Å². The SMILES string of the molecule is CCN(CC)S(=O)(=O)c1ccc(N2CC(C(=O)N3CCc4ccccc43)CC2=O)cc1. The van der Waals surface area contributed by atoms with Crippen molar-refractivity contribution in [3.05, 3.63) is 54.1 Å². The molecule has 164 valence electrons. The Hall–Kier alpha value is -2.71. The molecule has 0 bridgehead atoms. The first-order valence-corrected chi connectivity index (χ1v) is 12.1. The molecule has 1 fully saturated rings. The maximum atomic E-state index is 13.1. The van der Waals surface area contributed by atoms with Crippen LogP contribution in [0.15, 0.2) is 53.4 Å². The lowest BCUT2D eigenvalue weighted by Crippen LogP contribution is -2.36. The topological polar surface area (TPSA) is 78.0 Å². The number of para-hydroxylation sites is 1. The molecule has 2 aliphatic heterocycles. The molecule has 2 aromatic carbocycles. The van der Waals surface area contributed by atoms with E-state index in [1.165, 1.54) is 16.4 Å². The first-order chi connectivity index (χ1) is 14.9. The average Bonchev–Trinajstić information content (AvgIpc) is 3.38. The van der Waals surface area contributed by atoms with E-state index in [0.29, 0.717) is 31.9 Å². The van der Waals surface area contributed by atoms with Crippen LogP contribution in [-0.4, -0.2) is 50.7 Å². The van der Waals surface area contributed by atoms with E-state index in [-0.39, 0.29) is 23.1 Å². The highest BCUT2D eigenvalue weighted by Crippen LogP contribution is 2.32. The van der Waals surface area contributed by atoms with Crippen molar-refractivity contribution in [3.8, 4) is 0 Å². The van der Waals surface area contributed by atoms with E-state index in [4.69, 9.17) is 0 Å². The number of nitrogens with zero attached hydrogens (tertiary/aromatic N) is 3. The van der Waals surface area contributed by atoms with Crippen molar-refractivity contribution in [1.29, 1.82) is 0 Å². The van der Waals surface area contributed by atoms with Crippen LogP contribution in [0.5, 0.6) is 0 Å². The zero-order valence-corrected chi connectivity index (χ0v) is 18.6. The van der Waals surface area contributed by atoms with E-state index in [1.807, 2.05) is 24.3 Å². The molecule has 8 heteroatoms. The fraction of sp³-hybridized carbons (Fsp3) is 0.391. The summed E-state index contributed by atoms with van der Waals surface area (Å²) in [6, 6.07) is 14.2. The van der Waals surface area contributed by atoms with Crippen molar-refractivity contribution < 1.29 is 18.0 Å². The Kier molecular flexibility index (Phi) is 5.85. The molecule has 0 aromatic heterocycles. The number of benzene rings is 2. The van der Waals surface area contributed by atoms with Crippen molar-refractivity contribution in [1.82, 2.24) is 4.31 Å². The van der Waals surface area contributed by atoms with Gasteiger partial charge >= 0.3 is 0 Å². The molecular weight excluding hydrogens is 414 g/mol. The lowest BCUT2D eigenvalue weighted by molar-refractivity contribution is -0.124. The van der Waals surface area contributed by atoms with Crippen molar-refractivity contribution in [3.63, 3.8) is 0 Å². The van der Waals surface area contributed by atoms with E-state index >= 15 is 0 Å². The van der Waals surface area contributed by atoms with Gasteiger partial charge in [-0.2, -0.15) is 4.31 Å². The Morgan fingerprint density at radius 3 is 2.42 bits per heavy atom. The summed E-state index contributed by atoms with van der Waals surface area (Å²) in [4.78, 5) is 29.4. The van der Waals surface area contributed by atoms with Gasteiger partial charge in [-0.05, 0) is 42.3 Å². The molecule has 2 aromatic rings. The average molecular weight is 442 g/mol. The number of sulfonamides is 1. The number of carbonyl (C=O) groups is 2. The molecule has 7 nitrogen and oxygen atoms in total. The van der Waals surface area contributed by atoms with Crippen molar-refractivity contribution in [2.75, 3.05) is 36.0 Å². The number of hydrogen-bond donors (Lipinski definition) is 0. The quantitative estimate of drug-likeness (QED) is 0.691. The van der Waals surface area contributed by atoms with E-state index in [1.54, 1.807) is 35.8 Å². The smallest absolute Gasteiger partial charge is 0.243 e. The molecule has 0 N–H and O–H groups in total. The Labute approximate surface area is 183 Å². The van der Waals surface area contributed by atoms with Gasteiger partial charge in [0.25, 0.3) is 0 Å². The molecule has 0 spiro atoms. The number of rotatable bonds is 6. The molecule has 1 atom stereocenters. The number of hydrogen-bond acceptors (Lipinski definition) is 4. The summed E-state index contributed by atoms with van der Waals surface area (Å²) >= 11 is 0. The normalized spacial score (nSPS) is 18.7. The predicted octanol–water partition coefficient (Wildman–Crippen LogP) is 2.66. The monoisotopic (exact) mass is 441 g/mol. The molecule has 2 heterocycles. The zero-order valence-electron chi connectivity index (χ0n) is 17.8. The van der Waals surface area contributed by atoms with Crippen LogP contribution in [0.3, 0.4) is 0 Å². The minimum atomic E-state index is -3.55. The van der Waals surface area contributed by atoms with Crippen LogP contribution in [-0.2, 0) is 26.0 Å². The van der Waals surface area contributed by atoms with Gasteiger partial charge < -0.3 is 9.80 Å². The van der Waals surface area contributed by atoms with Gasteiger partial charge in [-0.25, -0.2) is 8.42 Å². The minimum absolute atomic E-state index is 0.0264. The Balaban J connectivity index is 1.49. The standard InChI is InChI=1S/C23H27N3O4S/c1-3-24(4-2)31(29,30)20-11-9-19(10-12-20)26-16-18(15-22(26)27)23(28)25-14-13-17-7-5-6-8-21(17)25/h5-12,18H,3-4,13-16H2,1-2H3. The maximum Gasteiger partial charge on any atom is 0.243 e. The Morgan fingerprint density at radius 1 is 1.06 bits per heavy atom. The first kappa shape index (κ1) is 21.5. The summed E-state index contributed by atoms with van der Waals surface area (Å²) in [5.41, 5.74) is 2.70. The van der Waals surface area contributed by atoms with Gasteiger partial charge in [0, 0.05) is 44.0 Å². The summed E-state index contributed by atoms with van der Waals surface area (Å²) in [5, 5.41) is 0. The third kappa shape index (κ3) is 3.85. The second-order valence-electron chi connectivity index (χ2n) is 7.86. The molecule has 0 saturated carbocycles. The second-order valence-corrected chi connectivity index (χ2v) is 9.80. The molecule has 4 rings (SSSR count). The minimum Gasteiger partial charge on any atom is -0.312 e. The first-order valence-electron chi connectivity index (χ1n) is 10.7. The van der Waals surface area contributed by atoms with E-state index in [2.05, 4.69) is 0 Å². The van der Waals surface area contributed by atoms with Gasteiger partial charge in [-0.15, -0.1) is 0 Å². The highest BCUT2D eigenvalue weighted by atomic mass is 32.2. The van der Waals surface area contributed by atoms with Crippen LogP contribution < -0.4 is 9.80 Å². The van der Waals surface area contributed by atoms with Crippen molar-refractivity contribution >= 4 is 33.2 Å². The molecular formula is C23H27N3O4S. The third-order valence-electron chi connectivity index (χ3n) is 6.12. The number of fused-ring (bicyclic) bond motifs is 1. The molecule has 1 unspecified atom stereocenters. The lowest BCUT2D eigenvalue weighted by Gasteiger charge is -2.22. The van der Waals surface area contributed by atoms with Crippen molar-refractivity contribution in [2.24, 2.45) is 5.92 Å². The largest absolute Gasteiger partial charge is 0.312 e. The van der Waals surface area contributed by atoms with Gasteiger partial charge in [0.2, 0.25) is 21.8 Å². The lowest BCUT2D eigenvalue weighted by atomic mass is 10.1. The Bertz CT molecular complexity index is 1090. The molecule has 0 radical (unpaired) electrons. The maximum absolute atomic E-state index is 13.1. The van der Waals surface area contributed by atoms with Gasteiger partial charge in [0.05, 0.1) is 10.8 Å². The van der Waals surface area contributed by atoms with E-state index in [0.717, 1.165) is 17.7 Å². The van der Waals surface area contributed by atoms with Crippen LogP contribution in [0.25, 0.3) is 0 Å². The second kappa shape index (κ2) is 8.43. The summed E-state index contributed by atoms with van der Waals surface area (Å²) in [6.07, 6.45) is 0.992. The molecule has 2 aliphatic rings. The Morgan fingerprint density at radius 2 is 1.74 bits per heavy atom. The number of anilines is 2. The summed E-state index contributed by atoms with van der Waals surface area (Å²) in [5.74, 6) is -0.551. The summed E-state index contributed by atoms with van der Waals surface area (Å²) in [7, 11) is -3.55. The van der Waals surface area contributed by atoms with Crippen LogP contribution in [0.4, 0.5) is 11.4 Å². The number of carbonyl (C=O) groups excluding carboxylic acids is 2. The van der Waals surface area contributed by atoms with Crippen LogP contribution >= 0.6 is 0 Å². The predicted molar refractivity (Wildman–Crippen MR) is 120 cm³/mol. The number of amides is 2. The molecule has 2 amide bonds. The highest BCUT2D eigenvalue weighted by Gasteiger charge is 2.39. The zero-order chi connectivity index (χ0) is 22.2. The fourth-order valence-electron chi connectivity index (χ4n) is 4.42.